The normalized spacial score (nSPS) is 13.9. The molecule has 0 radical (unpaired) electrons. The minimum Gasteiger partial charge on any atom is -0.483 e. The number of rotatable bonds is 42. The standard InChI is InChI=1S/C49H97NO4.CH2O2/c1-5-9-22-31-46(32-23-10-6-2)33-26-18-14-13-15-19-27-36-48(53-42-30-38-50-39-43-52-44-40-50)37-28-20-16-17-21-29-41-54-49(51)45-47(34-24-11-7-3)35-25-12-8-4;2-1-3/h46-48H,5-45H2,1-4H3;1H,(H,2,3). The molecule has 57 heavy (non-hydrogen) atoms. The number of hydrogen-bond donors (Lipinski definition) is 1. The molecule has 1 atom stereocenters. The van der Waals surface area contributed by atoms with Gasteiger partial charge < -0.3 is 19.3 Å². The lowest BCUT2D eigenvalue weighted by Gasteiger charge is -2.26. The number of esters is 1. The molecular formula is C50H99NO6. The van der Waals surface area contributed by atoms with Crippen LogP contribution in [0.1, 0.15) is 246 Å². The molecule has 1 unspecified atom stereocenters. The van der Waals surface area contributed by atoms with Crippen LogP contribution in [0.3, 0.4) is 0 Å². The summed E-state index contributed by atoms with van der Waals surface area (Å²) >= 11 is 0. The third-order valence-corrected chi connectivity index (χ3v) is 12.2. The van der Waals surface area contributed by atoms with Crippen molar-refractivity contribution in [2.24, 2.45) is 11.8 Å². The molecule has 0 aliphatic carbocycles. The van der Waals surface area contributed by atoms with E-state index in [2.05, 4.69) is 32.6 Å². The summed E-state index contributed by atoms with van der Waals surface area (Å²) in [6, 6.07) is 0. The van der Waals surface area contributed by atoms with Crippen molar-refractivity contribution in [3.63, 3.8) is 0 Å². The number of carbonyl (C=O) groups excluding carboxylic acids is 1. The van der Waals surface area contributed by atoms with E-state index in [-0.39, 0.29) is 12.4 Å². The van der Waals surface area contributed by atoms with Crippen LogP contribution in [-0.4, -0.2) is 74.6 Å². The van der Waals surface area contributed by atoms with Crippen LogP contribution in [-0.2, 0) is 23.8 Å². The molecule has 7 heteroatoms. The first-order valence-electron chi connectivity index (χ1n) is 25.2. The molecule has 0 amide bonds. The van der Waals surface area contributed by atoms with Crippen molar-refractivity contribution in [2.45, 2.75) is 252 Å². The van der Waals surface area contributed by atoms with E-state index in [1.807, 2.05) is 0 Å². The first-order chi connectivity index (χ1) is 28.0. The van der Waals surface area contributed by atoms with Gasteiger partial charge in [-0.3, -0.25) is 14.5 Å². The molecule has 0 aromatic rings. The number of nitrogens with zero attached hydrogens (tertiary/aromatic N) is 1. The fourth-order valence-electron chi connectivity index (χ4n) is 8.54. The lowest BCUT2D eigenvalue weighted by Crippen LogP contribution is -2.37. The number of unbranched alkanes of at least 4 members (excludes halogenated alkanes) is 19. The van der Waals surface area contributed by atoms with Gasteiger partial charge in [-0.05, 0) is 50.4 Å². The number of hydrogen-bond acceptors (Lipinski definition) is 6. The highest BCUT2D eigenvalue weighted by Gasteiger charge is 2.15. The molecule has 0 aromatic heterocycles. The Labute approximate surface area is 355 Å². The number of carboxylic acid groups (broad SMARTS) is 1. The highest BCUT2D eigenvalue weighted by Crippen LogP contribution is 2.25. The van der Waals surface area contributed by atoms with Gasteiger partial charge in [-0.1, -0.05) is 201 Å². The van der Waals surface area contributed by atoms with E-state index in [4.69, 9.17) is 24.1 Å². The van der Waals surface area contributed by atoms with Gasteiger partial charge in [0.05, 0.1) is 25.9 Å². The van der Waals surface area contributed by atoms with Crippen molar-refractivity contribution in [3.8, 4) is 0 Å². The molecule has 0 bridgehead atoms. The summed E-state index contributed by atoms with van der Waals surface area (Å²) in [4.78, 5) is 23.4. The second kappa shape index (κ2) is 45.9. The summed E-state index contributed by atoms with van der Waals surface area (Å²) in [5, 5.41) is 6.89. The van der Waals surface area contributed by atoms with E-state index in [9.17, 15) is 4.79 Å². The van der Waals surface area contributed by atoms with Crippen molar-refractivity contribution in [1.29, 1.82) is 0 Å². The lowest BCUT2D eigenvalue weighted by atomic mass is 9.90. The van der Waals surface area contributed by atoms with Gasteiger partial charge >= 0.3 is 5.97 Å². The number of carbonyl (C=O) groups is 2. The maximum atomic E-state index is 12.5. The van der Waals surface area contributed by atoms with Crippen LogP contribution in [0.4, 0.5) is 0 Å². The number of morpholine rings is 1. The van der Waals surface area contributed by atoms with E-state index in [1.165, 1.54) is 199 Å². The Bertz CT molecular complexity index is 786. The van der Waals surface area contributed by atoms with Crippen LogP contribution < -0.4 is 0 Å². The third kappa shape index (κ3) is 40.0. The Hall–Kier alpha value is -1.18. The van der Waals surface area contributed by atoms with Crippen LogP contribution >= 0.6 is 0 Å². The Kier molecular flexibility index (Phi) is 44.9. The van der Waals surface area contributed by atoms with Crippen molar-refractivity contribution in [2.75, 3.05) is 46.1 Å². The van der Waals surface area contributed by atoms with Gasteiger partial charge in [0.1, 0.15) is 0 Å². The highest BCUT2D eigenvalue weighted by molar-refractivity contribution is 5.69. The molecule has 1 N–H and O–H groups in total. The summed E-state index contributed by atoms with van der Waals surface area (Å²) in [6.45, 7) is 15.5. The average Bonchev–Trinajstić information content (AvgIpc) is 3.21. The predicted octanol–water partition coefficient (Wildman–Crippen LogP) is 14.5. The van der Waals surface area contributed by atoms with Crippen molar-refractivity contribution in [1.82, 2.24) is 4.90 Å². The van der Waals surface area contributed by atoms with E-state index in [1.54, 1.807) is 0 Å². The summed E-state index contributed by atoms with van der Waals surface area (Å²) in [6.07, 6.45) is 44.6. The van der Waals surface area contributed by atoms with Crippen molar-refractivity contribution < 1.29 is 28.9 Å². The minimum absolute atomic E-state index is 0.0404. The second-order valence-corrected chi connectivity index (χ2v) is 17.5. The fraction of sp³-hybridized carbons (Fsp3) is 0.960. The molecule has 0 spiro atoms. The molecule has 1 fully saturated rings. The zero-order valence-electron chi connectivity index (χ0n) is 38.7. The topological polar surface area (TPSA) is 85.3 Å². The molecule has 1 aliphatic rings. The van der Waals surface area contributed by atoms with Gasteiger partial charge in [0.15, 0.2) is 0 Å². The second-order valence-electron chi connectivity index (χ2n) is 17.5. The molecule has 7 nitrogen and oxygen atoms in total. The quantitative estimate of drug-likeness (QED) is 0.0373. The highest BCUT2D eigenvalue weighted by atomic mass is 16.5. The van der Waals surface area contributed by atoms with Crippen LogP contribution in [0.2, 0.25) is 0 Å². The molecule has 1 aliphatic heterocycles. The monoisotopic (exact) mass is 810 g/mol. The maximum absolute atomic E-state index is 12.5. The predicted molar refractivity (Wildman–Crippen MR) is 243 cm³/mol. The first kappa shape index (κ1) is 55.8. The van der Waals surface area contributed by atoms with Gasteiger partial charge in [0, 0.05) is 32.7 Å². The zero-order valence-corrected chi connectivity index (χ0v) is 38.7. The molecule has 0 saturated carbocycles. The summed E-state index contributed by atoms with van der Waals surface area (Å²) < 4.78 is 17.8. The van der Waals surface area contributed by atoms with Gasteiger partial charge in [0.25, 0.3) is 6.47 Å². The Morgan fingerprint density at radius 3 is 1.39 bits per heavy atom. The summed E-state index contributed by atoms with van der Waals surface area (Å²) in [7, 11) is 0. The van der Waals surface area contributed by atoms with E-state index < -0.39 is 0 Å². The smallest absolute Gasteiger partial charge is 0.306 e. The molecule has 1 saturated heterocycles. The van der Waals surface area contributed by atoms with Gasteiger partial charge in [-0.25, -0.2) is 0 Å². The minimum atomic E-state index is -0.250. The van der Waals surface area contributed by atoms with Gasteiger partial charge in [-0.15, -0.1) is 0 Å². The van der Waals surface area contributed by atoms with E-state index in [0.29, 0.717) is 25.0 Å². The van der Waals surface area contributed by atoms with Crippen molar-refractivity contribution >= 4 is 12.4 Å². The molecule has 1 rings (SSSR count). The fourth-order valence-corrected chi connectivity index (χ4v) is 8.54. The van der Waals surface area contributed by atoms with E-state index in [0.717, 1.165) is 58.2 Å². The summed E-state index contributed by atoms with van der Waals surface area (Å²) in [5.41, 5.74) is 0. The largest absolute Gasteiger partial charge is 0.483 e. The molecular weight excluding hydrogens is 711 g/mol. The van der Waals surface area contributed by atoms with Crippen LogP contribution in [0.25, 0.3) is 0 Å². The molecule has 0 aromatic carbocycles. The Morgan fingerprint density at radius 1 is 0.544 bits per heavy atom. The lowest BCUT2D eigenvalue weighted by molar-refractivity contribution is -0.145. The van der Waals surface area contributed by atoms with Crippen LogP contribution in [0, 0.1) is 11.8 Å². The Balaban J connectivity index is 0.0000101. The van der Waals surface area contributed by atoms with Gasteiger partial charge in [0.2, 0.25) is 0 Å². The van der Waals surface area contributed by atoms with Crippen LogP contribution in [0.5, 0.6) is 0 Å². The van der Waals surface area contributed by atoms with Crippen molar-refractivity contribution in [3.05, 3.63) is 0 Å². The van der Waals surface area contributed by atoms with Crippen LogP contribution in [0.15, 0.2) is 0 Å². The first-order valence-corrected chi connectivity index (χ1v) is 25.2. The van der Waals surface area contributed by atoms with E-state index >= 15 is 0 Å². The summed E-state index contributed by atoms with van der Waals surface area (Å²) in [5.74, 6) is 1.55. The maximum Gasteiger partial charge on any atom is 0.306 e. The van der Waals surface area contributed by atoms with Gasteiger partial charge in [-0.2, -0.15) is 0 Å². The molecule has 1 heterocycles. The zero-order chi connectivity index (χ0) is 41.7. The third-order valence-electron chi connectivity index (χ3n) is 12.2. The number of ether oxygens (including phenoxy) is 3. The SMILES string of the molecule is CCCCCC(CCCCC)CCCCCCCCCC(CCCCCCCCOC(=O)CC(CCCCC)CCCCC)OCCCN1CCOCC1.O=CO. The molecule has 340 valence electrons. The average molecular weight is 810 g/mol. The Morgan fingerprint density at radius 2 is 0.930 bits per heavy atom.